The number of ether oxygens (including phenoxy) is 1. The summed E-state index contributed by atoms with van der Waals surface area (Å²) in [5, 5.41) is 3.36. The van der Waals surface area contributed by atoms with Crippen LogP contribution in [0.4, 0.5) is 4.39 Å². The van der Waals surface area contributed by atoms with Gasteiger partial charge in [0.1, 0.15) is 5.82 Å². The van der Waals surface area contributed by atoms with Crippen LogP contribution < -0.4 is 5.32 Å². The fourth-order valence-electron chi connectivity index (χ4n) is 1.62. The van der Waals surface area contributed by atoms with Crippen molar-refractivity contribution in [3.05, 3.63) is 35.1 Å². The maximum atomic E-state index is 13.6. The number of benzene rings is 1. The summed E-state index contributed by atoms with van der Waals surface area (Å²) < 4.78 is 18.1. The molecule has 2 rings (SSSR count). The minimum absolute atomic E-state index is 0.0196. The number of carbonyl (C=O) groups excluding carboxylic acids is 1. The molecule has 3 nitrogen and oxygen atoms in total. The summed E-state index contributed by atoms with van der Waals surface area (Å²) in [6.07, 6.45) is 2.32. The van der Waals surface area contributed by atoms with E-state index in [1.807, 2.05) is 0 Å². The van der Waals surface area contributed by atoms with E-state index in [1.165, 1.54) is 19.2 Å². The number of methoxy groups -OCH3 is 1. The van der Waals surface area contributed by atoms with E-state index in [0.717, 1.165) is 18.4 Å². The molecule has 0 spiro atoms. The summed E-state index contributed by atoms with van der Waals surface area (Å²) in [4.78, 5) is 11.2. The maximum absolute atomic E-state index is 13.6. The van der Waals surface area contributed by atoms with Crippen molar-refractivity contribution in [2.24, 2.45) is 0 Å². The molecule has 0 unspecified atom stereocenters. The summed E-state index contributed by atoms with van der Waals surface area (Å²) in [6.45, 7) is 2.76. The zero-order valence-electron chi connectivity index (χ0n) is 10.0. The molecule has 0 atom stereocenters. The molecule has 4 heteroatoms. The Morgan fingerprint density at radius 1 is 1.53 bits per heavy atom. The molecular formula is C13H16FNO2. The monoisotopic (exact) mass is 237 g/mol. The fraction of sp³-hybridized carbons (Fsp3) is 0.462. The number of rotatable bonds is 4. The highest BCUT2D eigenvalue weighted by atomic mass is 19.1. The minimum atomic E-state index is -0.642. The first-order valence-electron chi connectivity index (χ1n) is 5.66. The van der Waals surface area contributed by atoms with Gasteiger partial charge >= 0.3 is 5.97 Å². The topological polar surface area (TPSA) is 38.3 Å². The Balaban J connectivity index is 2.05. The molecule has 0 radical (unpaired) electrons. The molecule has 0 bridgehead atoms. The van der Waals surface area contributed by atoms with E-state index >= 15 is 0 Å². The first-order chi connectivity index (χ1) is 8.04. The number of carbonyl (C=O) groups is 1. The van der Waals surface area contributed by atoms with E-state index in [2.05, 4.69) is 17.0 Å². The van der Waals surface area contributed by atoms with Crippen molar-refractivity contribution in [1.82, 2.24) is 5.32 Å². The van der Waals surface area contributed by atoms with Gasteiger partial charge in [-0.25, -0.2) is 9.18 Å². The molecule has 1 aromatic carbocycles. The van der Waals surface area contributed by atoms with Crippen molar-refractivity contribution < 1.29 is 13.9 Å². The van der Waals surface area contributed by atoms with Crippen LogP contribution in [0.5, 0.6) is 0 Å². The Morgan fingerprint density at radius 3 is 2.76 bits per heavy atom. The number of hydrogen-bond acceptors (Lipinski definition) is 3. The SMILES string of the molecule is COC(=O)c1ccc(CNC2(C)CC2)cc1F. The lowest BCUT2D eigenvalue weighted by Crippen LogP contribution is -2.27. The molecule has 1 aliphatic rings. The molecule has 0 saturated heterocycles. The second-order valence-corrected chi connectivity index (χ2v) is 4.72. The van der Waals surface area contributed by atoms with E-state index in [1.54, 1.807) is 6.07 Å². The van der Waals surface area contributed by atoms with Crippen LogP contribution in [0.2, 0.25) is 0 Å². The smallest absolute Gasteiger partial charge is 0.340 e. The van der Waals surface area contributed by atoms with Crippen LogP contribution in [-0.2, 0) is 11.3 Å². The highest BCUT2D eigenvalue weighted by Crippen LogP contribution is 2.34. The zero-order valence-corrected chi connectivity index (χ0v) is 10.0. The molecule has 1 aliphatic carbocycles. The highest BCUT2D eigenvalue weighted by Gasteiger charge is 2.36. The Bertz CT molecular complexity index is 441. The predicted octanol–water partition coefficient (Wildman–Crippen LogP) is 2.25. The average molecular weight is 237 g/mol. The minimum Gasteiger partial charge on any atom is -0.465 e. The van der Waals surface area contributed by atoms with Crippen molar-refractivity contribution in [1.29, 1.82) is 0 Å². The molecule has 1 fully saturated rings. The molecule has 0 aliphatic heterocycles. The van der Waals surface area contributed by atoms with Gasteiger partial charge in [-0.15, -0.1) is 0 Å². The third-order valence-corrected chi connectivity index (χ3v) is 3.16. The van der Waals surface area contributed by atoms with Gasteiger partial charge in [0.15, 0.2) is 0 Å². The van der Waals surface area contributed by atoms with E-state index in [-0.39, 0.29) is 11.1 Å². The number of esters is 1. The molecule has 1 saturated carbocycles. The Labute approximate surface area is 100.0 Å². The van der Waals surface area contributed by atoms with Crippen molar-refractivity contribution in [2.75, 3.05) is 7.11 Å². The summed E-state index contributed by atoms with van der Waals surface area (Å²) in [7, 11) is 1.24. The van der Waals surface area contributed by atoms with Crippen molar-refractivity contribution in [3.63, 3.8) is 0 Å². The van der Waals surface area contributed by atoms with E-state index in [0.29, 0.717) is 6.54 Å². The van der Waals surface area contributed by atoms with Crippen LogP contribution in [0.1, 0.15) is 35.7 Å². The van der Waals surface area contributed by atoms with E-state index < -0.39 is 11.8 Å². The largest absolute Gasteiger partial charge is 0.465 e. The zero-order chi connectivity index (χ0) is 12.5. The van der Waals surface area contributed by atoms with Gasteiger partial charge < -0.3 is 10.1 Å². The van der Waals surface area contributed by atoms with E-state index in [4.69, 9.17) is 0 Å². The Morgan fingerprint density at radius 2 is 2.24 bits per heavy atom. The van der Waals surface area contributed by atoms with Crippen LogP contribution in [0.15, 0.2) is 18.2 Å². The predicted molar refractivity (Wildman–Crippen MR) is 62.2 cm³/mol. The molecule has 0 heterocycles. The van der Waals surface area contributed by atoms with Crippen molar-refractivity contribution in [2.45, 2.75) is 31.8 Å². The van der Waals surface area contributed by atoms with Gasteiger partial charge in [-0.05, 0) is 37.5 Å². The van der Waals surface area contributed by atoms with Crippen LogP contribution in [-0.4, -0.2) is 18.6 Å². The second-order valence-electron chi connectivity index (χ2n) is 4.72. The van der Waals surface area contributed by atoms with E-state index in [9.17, 15) is 9.18 Å². The van der Waals surface area contributed by atoms with Gasteiger partial charge in [-0.1, -0.05) is 6.07 Å². The summed E-state index contributed by atoms with van der Waals surface area (Å²) >= 11 is 0. The van der Waals surface area contributed by atoms with Gasteiger partial charge in [0, 0.05) is 12.1 Å². The van der Waals surface area contributed by atoms with Gasteiger partial charge in [0.25, 0.3) is 0 Å². The van der Waals surface area contributed by atoms with Crippen molar-refractivity contribution in [3.8, 4) is 0 Å². The first kappa shape index (κ1) is 12.0. The number of hydrogen-bond donors (Lipinski definition) is 1. The summed E-state index contributed by atoms with van der Waals surface area (Å²) in [5.74, 6) is -1.17. The summed E-state index contributed by atoms with van der Waals surface area (Å²) in [6, 6.07) is 4.59. The lowest BCUT2D eigenvalue weighted by Gasteiger charge is -2.11. The first-order valence-corrected chi connectivity index (χ1v) is 5.66. The van der Waals surface area contributed by atoms with Gasteiger partial charge in [0.05, 0.1) is 12.7 Å². The molecule has 0 aromatic heterocycles. The Kier molecular flexibility index (Phi) is 3.15. The molecule has 0 amide bonds. The molecule has 92 valence electrons. The quantitative estimate of drug-likeness (QED) is 0.816. The van der Waals surface area contributed by atoms with Gasteiger partial charge in [-0.3, -0.25) is 0 Å². The number of halogens is 1. The number of nitrogens with one attached hydrogen (secondary N) is 1. The Hall–Kier alpha value is -1.42. The van der Waals surface area contributed by atoms with Crippen LogP contribution in [0, 0.1) is 5.82 Å². The normalized spacial score (nSPS) is 16.6. The molecule has 1 N–H and O–H groups in total. The van der Waals surface area contributed by atoms with Gasteiger partial charge in [0.2, 0.25) is 0 Å². The molecular weight excluding hydrogens is 221 g/mol. The molecule has 1 aromatic rings. The van der Waals surface area contributed by atoms with Gasteiger partial charge in [-0.2, -0.15) is 0 Å². The van der Waals surface area contributed by atoms with Crippen LogP contribution >= 0.6 is 0 Å². The third kappa shape index (κ3) is 2.82. The lowest BCUT2D eigenvalue weighted by molar-refractivity contribution is 0.0595. The van der Waals surface area contributed by atoms with Crippen LogP contribution in [0.25, 0.3) is 0 Å². The lowest BCUT2D eigenvalue weighted by atomic mass is 10.1. The molecule has 17 heavy (non-hydrogen) atoms. The second kappa shape index (κ2) is 4.45. The summed E-state index contributed by atoms with van der Waals surface area (Å²) in [5.41, 5.74) is 1.04. The standard InChI is InChI=1S/C13H16FNO2/c1-13(5-6-13)15-8-9-3-4-10(11(14)7-9)12(16)17-2/h3-4,7,15H,5-6,8H2,1-2H3. The van der Waals surface area contributed by atoms with Crippen molar-refractivity contribution >= 4 is 5.97 Å². The fourth-order valence-corrected chi connectivity index (χ4v) is 1.62. The highest BCUT2D eigenvalue weighted by molar-refractivity contribution is 5.89. The van der Waals surface area contributed by atoms with Crippen LogP contribution in [0.3, 0.4) is 0 Å². The average Bonchev–Trinajstić information content (AvgIpc) is 3.05. The third-order valence-electron chi connectivity index (χ3n) is 3.16. The maximum Gasteiger partial charge on any atom is 0.340 e.